The Hall–Kier alpha value is -1.91. The molecule has 5 nitrogen and oxygen atoms in total. The molecule has 0 spiro atoms. The fourth-order valence-electron chi connectivity index (χ4n) is 4.17. The van der Waals surface area contributed by atoms with E-state index in [-0.39, 0.29) is 0 Å². The summed E-state index contributed by atoms with van der Waals surface area (Å²) < 4.78 is 5.29. The van der Waals surface area contributed by atoms with Crippen molar-refractivity contribution in [2.75, 3.05) is 25.1 Å². The van der Waals surface area contributed by atoms with Crippen molar-refractivity contribution in [3.63, 3.8) is 0 Å². The molecule has 0 unspecified atom stereocenters. The van der Waals surface area contributed by atoms with Crippen LogP contribution in [0.5, 0.6) is 5.75 Å². The summed E-state index contributed by atoms with van der Waals surface area (Å²) in [5, 5.41) is 9.18. The summed E-state index contributed by atoms with van der Waals surface area (Å²) in [4.78, 5) is 15.3. The second kappa shape index (κ2) is 7.77. The molecular formula is C19H28N2O3. The van der Waals surface area contributed by atoms with Gasteiger partial charge in [0.25, 0.3) is 0 Å². The van der Waals surface area contributed by atoms with Crippen LogP contribution in [0.4, 0.5) is 10.5 Å². The minimum absolute atomic E-state index is 0.428. The predicted molar refractivity (Wildman–Crippen MR) is 95.0 cm³/mol. The highest BCUT2D eigenvalue weighted by Crippen LogP contribution is 2.33. The van der Waals surface area contributed by atoms with Gasteiger partial charge in [0, 0.05) is 30.9 Å². The fraction of sp³-hybridized carbons (Fsp3) is 0.632. The molecule has 1 aromatic rings. The number of hydrogen-bond acceptors (Lipinski definition) is 3. The van der Waals surface area contributed by atoms with Crippen molar-refractivity contribution >= 4 is 11.8 Å². The first kappa shape index (κ1) is 16.9. The maximum atomic E-state index is 11.2. The molecule has 0 bridgehead atoms. The first-order chi connectivity index (χ1) is 11.7. The fourth-order valence-corrected chi connectivity index (χ4v) is 4.17. The molecule has 1 saturated carbocycles. The van der Waals surface area contributed by atoms with Crippen molar-refractivity contribution in [3.05, 3.63) is 24.3 Å². The van der Waals surface area contributed by atoms with Crippen LogP contribution in [0.2, 0.25) is 0 Å². The largest absolute Gasteiger partial charge is 0.497 e. The molecule has 24 heavy (non-hydrogen) atoms. The molecule has 1 heterocycles. The van der Waals surface area contributed by atoms with Gasteiger partial charge < -0.3 is 19.6 Å². The van der Waals surface area contributed by atoms with E-state index in [1.807, 2.05) is 12.1 Å². The van der Waals surface area contributed by atoms with Crippen molar-refractivity contribution in [2.24, 2.45) is 0 Å². The smallest absolute Gasteiger partial charge is 0.407 e. The molecular weight excluding hydrogens is 304 g/mol. The third kappa shape index (κ3) is 3.77. The van der Waals surface area contributed by atoms with E-state index in [0.717, 1.165) is 18.6 Å². The van der Waals surface area contributed by atoms with Crippen LogP contribution in [0.1, 0.15) is 44.9 Å². The number of piperidine rings is 1. The van der Waals surface area contributed by atoms with Gasteiger partial charge in [-0.25, -0.2) is 4.79 Å². The number of benzene rings is 1. The summed E-state index contributed by atoms with van der Waals surface area (Å²) in [6, 6.07) is 9.36. The summed E-state index contributed by atoms with van der Waals surface area (Å²) in [6.45, 7) is 1.28. The molecule has 1 N–H and O–H groups in total. The van der Waals surface area contributed by atoms with Crippen LogP contribution in [0.3, 0.4) is 0 Å². The van der Waals surface area contributed by atoms with Gasteiger partial charge in [0.1, 0.15) is 5.75 Å². The number of amides is 1. The zero-order chi connectivity index (χ0) is 16.9. The monoisotopic (exact) mass is 332 g/mol. The number of rotatable bonds is 4. The molecule has 1 amide bonds. The van der Waals surface area contributed by atoms with Gasteiger partial charge in [-0.3, -0.25) is 0 Å². The highest BCUT2D eigenvalue weighted by atomic mass is 16.5. The Kier molecular flexibility index (Phi) is 5.48. The van der Waals surface area contributed by atoms with Crippen molar-refractivity contribution in [1.82, 2.24) is 4.90 Å². The molecule has 0 radical (unpaired) electrons. The maximum Gasteiger partial charge on any atom is 0.407 e. The highest BCUT2D eigenvalue weighted by molar-refractivity contribution is 5.65. The first-order valence-electron chi connectivity index (χ1n) is 9.09. The Labute approximate surface area is 144 Å². The Morgan fingerprint density at radius 2 is 1.62 bits per heavy atom. The van der Waals surface area contributed by atoms with E-state index in [2.05, 4.69) is 17.0 Å². The van der Waals surface area contributed by atoms with Gasteiger partial charge in [-0.15, -0.1) is 0 Å². The lowest BCUT2D eigenvalue weighted by Gasteiger charge is -2.45. The van der Waals surface area contributed by atoms with Gasteiger partial charge in [-0.1, -0.05) is 19.3 Å². The van der Waals surface area contributed by atoms with Crippen LogP contribution < -0.4 is 9.64 Å². The van der Waals surface area contributed by atoms with Crippen LogP contribution >= 0.6 is 0 Å². The number of carboxylic acid groups (broad SMARTS) is 1. The number of carbonyl (C=O) groups is 1. The summed E-state index contributed by atoms with van der Waals surface area (Å²) >= 11 is 0. The lowest BCUT2D eigenvalue weighted by atomic mass is 9.90. The van der Waals surface area contributed by atoms with Gasteiger partial charge in [-0.2, -0.15) is 0 Å². The standard InChI is InChI=1S/C19H28N2O3/c1-24-18-9-7-16(8-10-18)21(15-5-3-2-4-6-15)17-11-13-20(14-12-17)19(22)23/h7-10,15,17H,2-6,11-14H2,1H3,(H,22,23). The van der Waals surface area contributed by atoms with E-state index in [1.165, 1.54) is 37.8 Å². The third-order valence-electron chi connectivity index (χ3n) is 5.47. The highest BCUT2D eigenvalue weighted by Gasteiger charge is 2.31. The quantitative estimate of drug-likeness (QED) is 0.906. The molecule has 132 valence electrons. The molecule has 1 aliphatic carbocycles. The van der Waals surface area contributed by atoms with E-state index in [1.54, 1.807) is 12.0 Å². The third-order valence-corrected chi connectivity index (χ3v) is 5.47. The first-order valence-corrected chi connectivity index (χ1v) is 9.09. The Balaban J connectivity index is 1.78. The number of methoxy groups -OCH3 is 1. The maximum absolute atomic E-state index is 11.2. The van der Waals surface area contributed by atoms with E-state index in [0.29, 0.717) is 25.2 Å². The van der Waals surface area contributed by atoms with Crippen LogP contribution in [-0.2, 0) is 0 Å². The van der Waals surface area contributed by atoms with Crippen molar-refractivity contribution in [1.29, 1.82) is 0 Å². The Bertz CT molecular complexity index is 532. The molecule has 5 heteroatoms. The van der Waals surface area contributed by atoms with E-state index in [4.69, 9.17) is 4.74 Å². The van der Waals surface area contributed by atoms with Gasteiger partial charge in [-0.05, 0) is 49.9 Å². The average Bonchev–Trinajstić information content (AvgIpc) is 2.64. The second-order valence-electron chi connectivity index (χ2n) is 6.90. The average molecular weight is 332 g/mol. The van der Waals surface area contributed by atoms with E-state index < -0.39 is 6.09 Å². The Morgan fingerprint density at radius 3 is 2.17 bits per heavy atom. The molecule has 1 saturated heterocycles. The van der Waals surface area contributed by atoms with Gasteiger partial charge >= 0.3 is 6.09 Å². The SMILES string of the molecule is COc1ccc(N(C2CCCCC2)C2CCN(C(=O)O)CC2)cc1. The van der Waals surface area contributed by atoms with Gasteiger partial charge in [0.05, 0.1) is 7.11 Å². The lowest BCUT2D eigenvalue weighted by molar-refractivity contribution is 0.130. The van der Waals surface area contributed by atoms with Crippen molar-refractivity contribution in [2.45, 2.75) is 57.0 Å². The second-order valence-corrected chi connectivity index (χ2v) is 6.90. The molecule has 2 aliphatic rings. The lowest BCUT2D eigenvalue weighted by Crippen LogP contribution is -2.50. The molecule has 0 atom stereocenters. The number of anilines is 1. The number of ether oxygens (including phenoxy) is 1. The predicted octanol–water partition coefficient (Wildman–Crippen LogP) is 3.98. The zero-order valence-corrected chi connectivity index (χ0v) is 14.5. The van der Waals surface area contributed by atoms with Crippen LogP contribution in [0.25, 0.3) is 0 Å². The molecule has 1 aliphatic heterocycles. The number of likely N-dealkylation sites (tertiary alicyclic amines) is 1. The van der Waals surface area contributed by atoms with E-state index in [9.17, 15) is 9.90 Å². The van der Waals surface area contributed by atoms with E-state index >= 15 is 0 Å². The number of nitrogens with zero attached hydrogens (tertiary/aromatic N) is 2. The van der Waals surface area contributed by atoms with Gasteiger partial charge in [0.15, 0.2) is 0 Å². The Morgan fingerprint density at radius 1 is 1.04 bits per heavy atom. The normalized spacial score (nSPS) is 20.0. The molecule has 1 aromatic carbocycles. The van der Waals surface area contributed by atoms with Crippen molar-refractivity contribution < 1.29 is 14.6 Å². The summed E-state index contributed by atoms with van der Waals surface area (Å²) in [6.07, 6.45) is 7.45. The molecule has 3 rings (SSSR count). The summed E-state index contributed by atoms with van der Waals surface area (Å²) in [5.41, 5.74) is 1.25. The topological polar surface area (TPSA) is 53.0 Å². The van der Waals surface area contributed by atoms with Crippen molar-refractivity contribution in [3.8, 4) is 5.75 Å². The summed E-state index contributed by atoms with van der Waals surface area (Å²) in [5.74, 6) is 0.878. The molecule has 2 fully saturated rings. The zero-order valence-electron chi connectivity index (χ0n) is 14.5. The van der Waals surface area contributed by atoms with Crippen LogP contribution in [0.15, 0.2) is 24.3 Å². The minimum Gasteiger partial charge on any atom is -0.497 e. The minimum atomic E-state index is -0.790. The van der Waals surface area contributed by atoms with Crippen LogP contribution in [0, 0.1) is 0 Å². The van der Waals surface area contributed by atoms with Crippen LogP contribution in [-0.4, -0.2) is 48.4 Å². The number of hydrogen-bond donors (Lipinski definition) is 1. The molecule has 0 aromatic heterocycles. The summed E-state index contributed by atoms with van der Waals surface area (Å²) in [7, 11) is 1.69. The van der Waals surface area contributed by atoms with Gasteiger partial charge in [0.2, 0.25) is 0 Å².